The van der Waals surface area contributed by atoms with Crippen molar-refractivity contribution in [2.75, 3.05) is 13.2 Å². The first-order valence-corrected chi connectivity index (χ1v) is 6.36. The van der Waals surface area contributed by atoms with Crippen molar-refractivity contribution in [3.63, 3.8) is 0 Å². The number of hydrogen-bond acceptors (Lipinski definition) is 3. The van der Waals surface area contributed by atoms with Crippen molar-refractivity contribution in [2.24, 2.45) is 0 Å². The van der Waals surface area contributed by atoms with Crippen LogP contribution in [-0.4, -0.2) is 28.3 Å². The van der Waals surface area contributed by atoms with Gasteiger partial charge in [-0.1, -0.05) is 6.92 Å². The molecular weight excluding hydrogens is 214 g/mol. The lowest BCUT2D eigenvalue weighted by Gasteiger charge is -2.19. The predicted octanol–water partition coefficient (Wildman–Crippen LogP) is 2.20. The van der Waals surface area contributed by atoms with Gasteiger partial charge in [0.15, 0.2) is 0 Å². The molecule has 0 fully saturated rings. The summed E-state index contributed by atoms with van der Waals surface area (Å²) in [5.41, 5.74) is 1.03. The number of ether oxygens (including phenoxy) is 1. The summed E-state index contributed by atoms with van der Waals surface area (Å²) in [5, 5.41) is 3.34. The van der Waals surface area contributed by atoms with Gasteiger partial charge in [-0.3, -0.25) is 0 Å². The van der Waals surface area contributed by atoms with Gasteiger partial charge in [-0.15, -0.1) is 0 Å². The third-order valence-corrected chi connectivity index (χ3v) is 2.30. The first-order valence-electron chi connectivity index (χ1n) is 6.36. The summed E-state index contributed by atoms with van der Waals surface area (Å²) in [6, 6.07) is 0. The van der Waals surface area contributed by atoms with E-state index in [0.717, 1.165) is 38.4 Å². The molecule has 0 aliphatic carbocycles. The zero-order valence-corrected chi connectivity index (χ0v) is 11.5. The average molecular weight is 239 g/mol. The number of hydrogen-bond donors (Lipinski definition) is 1. The molecule has 1 rings (SSSR count). The summed E-state index contributed by atoms with van der Waals surface area (Å²) in [6.07, 6.45) is 5.10. The second kappa shape index (κ2) is 6.77. The molecular formula is C13H25N3O. The normalized spacial score (nSPS) is 12.0. The highest BCUT2D eigenvalue weighted by atomic mass is 16.5. The highest BCUT2D eigenvalue weighted by Gasteiger charge is 2.09. The van der Waals surface area contributed by atoms with Crippen LogP contribution in [0.4, 0.5) is 0 Å². The Hall–Kier alpha value is -0.870. The van der Waals surface area contributed by atoms with Crippen LogP contribution in [0.2, 0.25) is 0 Å². The summed E-state index contributed by atoms with van der Waals surface area (Å²) in [5.74, 6) is 0. The van der Waals surface area contributed by atoms with Crippen LogP contribution in [-0.2, 0) is 17.8 Å². The van der Waals surface area contributed by atoms with Crippen molar-refractivity contribution in [2.45, 2.75) is 52.8 Å². The highest BCUT2D eigenvalue weighted by molar-refractivity contribution is 4.96. The third-order valence-electron chi connectivity index (χ3n) is 2.30. The van der Waals surface area contributed by atoms with Gasteiger partial charge < -0.3 is 14.6 Å². The Balaban J connectivity index is 2.26. The zero-order valence-electron chi connectivity index (χ0n) is 11.5. The lowest BCUT2D eigenvalue weighted by atomic mass is 10.2. The number of rotatable bonds is 7. The van der Waals surface area contributed by atoms with Gasteiger partial charge in [-0.2, -0.15) is 0 Å². The van der Waals surface area contributed by atoms with E-state index in [4.69, 9.17) is 4.74 Å². The Morgan fingerprint density at radius 3 is 2.82 bits per heavy atom. The molecule has 0 amide bonds. The Bertz CT molecular complexity index is 315. The smallest absolute Gasteiger partial charge is 0.0950 e. The molecule has 0 radical (unpaired) electrons. The van der Waals surface area contributed by atoms with E-state index >= 15 is 0 Å². The van der Waals surface area contributed by atoms with Gasteiger partial charge >= 0.3 is 0 Å². The quantitative estimate of drug-likeness (QED) is 0.741. The molecule has 0 saturated heterocycles. The van der Waals surface area contributed by atoms with Crippen LogP contribution in [0.25, 0.3) is 0 Å². The Morgan fingerprint density at radius 1 is 1.41 bits per heavy atom. The van der Waals surface area contributed by atoms with Crippen LogP contribution in [0, 0.1) is 0 Å². The van der Waals surface area contributed by atoms with E-state index in [1.807, 2.05) is 6.33 Å². The molecule has 4 heteroatoms. The van der Waals surface area contributed by atoms with Crippen molar-refractivity contribution in [1.82, 2.24) is 14.9 Å². The van der Waals surface area contributed by atoms with Gasteiger partial charge in [0.2, 0.25) is 0 Å². The van der Waals surface area contributed by atoms with Gasteiger partial charge in [0, 0.05) is 19.3 Å². The maximum absolute atomic E-state index is 5.68. The lowest BCUT2D eigenvalue weighted by Crippen LogP contribution is -2.21. The monoisotopic (exact) mass is 239 g/mol. The van der Waals surface area contributed by atoms with E-state index in [9.17, 15) is 0 Å². The summed E-state index contributed by atoms with van der Waals surface area (Å²) in [4.78, 5) is 4.35. The third kappa shape index (κ3) is 6.44. The Kier molecular flexibility index (Phi) is 5.65. The van der Waals surface area contributed by atoms with E-state index in [2.05, 4.69) is 48.8 Å². The van der Waals surface area contributed by atoms with Gasteiger partial charge in [0.25, 0.3) is 0 Å². The Morgan fingerprint density at radius 2 is 2.18 bits per heavy atom. The van der Waals surface area contributed by atoms with Crippen LogP contribution in [0.15, 0.2) is 12.5 Å². The molecule has 0 aromatic carbocycles. The number of imidazole rings is 1. The lowest BCUT2D eigenvalue weighted by molar-refractivity contribution is -0.00683. The zero-order chi connectivity index (χ0) is 12.7. The number of nitrogens with zero attached hydrogens (tertiary/aromatic N) is 2. The summed E-state index contributed by atoms with van der Waals surface area (Å²) >= 11 is 0. The maximum atomic E-state index is 5.68. The summed E-state index contributed by atoms with van der Waals surface area (Å²) in [7, 11) is 0. The van der Waals surface area contributed by atoms with Gasteiger partial charge in [0.1, 0.15) is 0 Å². The average Bonchev–Trinajstić information content (AvgIpc) is 2.64. The molecule has 0 aliphatic heterocycles. The fourth-order valence-corrected chi connectivity index (χ4v) is 1.47. The summed E-state index contributed by atoms with van der Waals surface area (Å²) < 4.78 is 7.75. The number of aromatic nitrogens is 2. The van der Waals surface area contributed by atoms with Crippen molar-refractivity contribution in [3.05, 3.63) is 18.2 Å². The van der Waals surface area contributed by atoms with E-state index in [-0.39, 0.29) is 5.60 Å². The minimum Gasteiger partial charge on any atom is -0.374 e. The summed E-state index contributed by atoms with van der Waals surface area (Å²) in [6.45, 7) is 11.8. The maximum Gasteiger partial charge on any atom is 0.0950 e. The first-order chi connectivity index (χ1) is 8.01. The second-order valence-electron chi connectivity index (χ2n) is 5.24. The van der Waals surface area contributed by atoms with Crippen molar-refractivity contribution in [3.8, 4) is 0 Å². The van der Waals surface area contributed by atoms with Gasteiger partial charge in [-0.25, -0.2) is 4.98 Å². The molecule has 1 aromatic heterocycles. The second-order valence-corrected chi connectivity index (χ2v) is 5.24. The molecule has 0 saturated carbocycles. The van der Waals surface area contributed by atoms with Crippen LogP contribution in [0.1, 0.15) is 39.8 Å². The minimum atomic E-state index is -0.0634. The van der Waals surface area contributed by atoms with E-state index < -0.39 is 0 Å². The molecule has 1 heterocycles. The van der Waals surface area contributed by atoms with Crippen molar-refractivity contribution < 1.29 is 4.74 Å². The Labute approximate surface area is 104 Å². The van der Waals surface area contributed by atoms with E-state index in [1.165, 1.54) is 0 Å². The molecule has 0 spiro atoms. The van der Waals surface area contributed by atoms with Crippen LogP contribution >= 0.6 is 0 Å². The standard InChI is InChI=1S/C13H25N3O/c1-5-6-14-9-12-10-16(11-15-12)7-8-17-13(2,3)4/h10-11,14H,5-9H2,1-4H3. The molecule has 4 nitrogen and oxygen atoms in total. The molecule has 0 unspecified atom stereocenters. The first kappa shape index (κ1) is 14.2. The molecule has 0 atom stereocenters. The molecule has 1 N–H and O–H groups in total. The SMILES string of the molecule is CCCNCc1cn(CCOC(C)(C)C)cn1. The minimum absolute atomic E-state index is 0.0634. The molecule has 1 aromatic rings. The highest BCUT2D eigenvalue weighted by Crippen LogP contribution is 2.06. The topological polar surface area (TPSA) is 39.1 Å². The fourth-order valence-electron chi connectivity index (χ4n) is 1.47. The van der Waals surface area contributed by atoms with Crippen LogP contribution in [0.5, 0.6) is 0 Å². The number of nitrogens with one attached hydrogen (secondary N) is 1. The molecule has 17 heavy (non-hydrogen) atoms. The molecule has 0 aliphatic rings. The van der Waals surface area contributed by atoms with Crippen LogP contribution in [0.3, 0.4) is 0 Å². The van der Waals surface area contributed by atoms with Crippen LogP contribution < -0.4 is 5.32 Å². The van der Waals surface area contributed by atoms with Crippen molar-refractivity contribution >= 4 is 0 Å². The van der Waals surface area contributed by atoms with Gasteiger partial charge in [0.05, 0.1) is 24.2 Å². The molecule has 0 bridgehead atoms. The fraction of sp³-hybridized carbons (Fsp3) is 0.769. The van der Waals surface area contributed by atoms with E-state index in [0.29, 0.717) is 0 Å². The largest absolute Gasteiger partial charge is 0.374 e. The predicted molar refractivity (Wildman–Crippen MR) is 69.9 cm³/mol. The van der Waals surface area contributed by atoms with Crippen molar-refractivity contribution in [1.29, 1.82) is 0 Å². The van der Waals surface area contributed by atoms with E-state index in [1.54, 1.807) is 0 Å². The molecule has 98 valence electrons. The van der Waals surface area contributed by atoms with Gasteiger partial charge in [-0.05, 0) is 33.7 Å².